The number of carbonyl (C=O) groups excluding carboxylic acids is 1. The summed E-state index contributed by atoms with van der Waals surface area (Å²) in [4.78, 5) is 16.6. The van der Waals surface area contributed by atoms with Crippen molar-refractivity contribution in [2.24, 2.45) is 5.41 Å². The molecule has 0 aliphatic heterocycles. The van der Waals surface area contributed by atoms with E-state index in [9.17, 15) is 10.1 Å². The molecule has 10 nitrogen and oxygen atoms in total. The number of carbonyl (C=O) groups is 1. The Morgan fingerprint density at radius 1 is 1.29 bits per heavy atom. The molecule has 10 heteroatoms. The Hall–Kier alpha value is -4.13. The van der Waals surface area contributed by atoms with Crippen LogP contribution in [0.2, 0.25) is 0 Å². The summed E-state index contributed by atoms with van der Waals surface area (Å²) in [7, 11) is 3.13. The van der Waals surface area contributed by atoms with E-state index in [0.717, 1.165) is 11.1 Å². The Labute approximate surface area is 178 Å². The number of hydrogen-bond donors (Lipinski definition) is 2. The van der Waals surface area contributed by atoms with Gasteiger partial charge in [-0.05, 0) is 37.6 Å². The van der Waals surface area contributed by atoms with Gasteiger partial charge in [-0.15, -0.1) is 5.10 Å². The first-order chi connectivity index (χ1) is 14.9. The molecule has 0 saturated carbocycles. The van der Waals surface area contributed by atoms with Crippen molar-refractivity contribution in [3.63, 3.8) is 0 Å². The number of amides is 1. The number of methoxy groups -OCH3 is 1. The van der Waals surface area contributed by atoms with Crippen LogP contribution >= 0.6 is 0 Å². The number of ether oxygens (including phenoxy) is 1. The van der Waals surface area contributed by atoms with E-state index in [2.05, 4.69) is 31.9 Å². The number of fused-ring (bicyclic) bond motifs is 2. The van der Waals surface area contributed by atoms with Gasteiger partial charge < -0.3 is 15.4 Å². The summed E-state index contributed by atoms with van der Waals surface area (Å²) in [6.07, 6.45) is 5.16. The highest BCUT2D eigenvalue weighted by Gasteiger charge is 2.20. The molecule has 0 unspecified atom stereocenters. The molecule has 4 rings (SSSR count). The molecule has 4 aromatic heterocycles. The number of pyridine rings is 1. The summed E-state index contributed by atoms with van der Waals surface area (Å²) in [6, 6.07) is 7.96. The zero-order valence-electron chi connectivity index (χ0n) is 17.7. The first-order valence-electron chi connectivity index (χ1n) is 9.65. The van der Waals surface area contributed by atoms with Gasteiger partial charge in [0.15, 0.2) is 0 Å². The molecule has 1 amide bonds. The van der Waals surface area contributed by atoms with Crippen LogP contribution in [-0.2, 0) is 0 Å². The van der Waals surface area contributed by atoms with Crippen molar-refractivity contribution in [2.75, 3.05) is 26.0 Å². The van der Waals surface area contributed by atoms with Gasteiger partial charge in [-0.1, -0.05) is 0 Å². The van der Waals surface area contributed by atoms with Crippen LogP contribution in [0.25, 0.3) is 22.2 Å². The summed E-state index contributed by atoms with van der Waals surface area (Å²) in [6.45, 7) is 4.07. The van der Waals surface area contributed by atoms with Gasteiger partial charge in [0.25, 0.3) is 5.91 Å². The molecular weight excluding hydrogens is 396 g/mol. The van der Waals surface area contributed by atoms with Gasteiger partial charge >= 0.3 is 0 Å². The highest BCUT2D eigenvalue weighted by Crippen LogP contribution is 2.32. The summed E-state index contributed by atoms with van der Waals surface area (Å²) >= 11 is 0. The fourth-order valence-corrected chi connectivity index (χ4v) is 3.24. The molecule has 0 aliphatic rings. The van der Waals surface area contributed by atoms with Gasteiger partial charge in [0.05, 0.1) is 35.9 Å². The van der Waals surface area contributed by atoms with Crippen molar-refractivity contribution in [3.05, 3.63) is 42.4 Å². The van der Waals surface area contributed by atoms with Gasteiger partial charge in [-0.3, -0.25) is 4.79 Å². The van der Waals surface area contributed by atoms with Crippen molar-refractivity contribution in [2.45, 2.75) is 13.8 Å². The third-order valence-corrected chi connectivity index (χ3v) is 4.97. The maximum absolute atomic E-state index is 12.2. The number of anilines is 1. The minimum absolute atomic E-state index is 0.203. The Kier molecular flexibility index (Phi) is 4.94. The molecule has 0 radical (unpaired) electrons. The monoisotopic (exact) mass is 418 g/mol. The van der Waals surface area contributed by atoms with Crippen molar-refractivity contribution < 1.29 is 9.53 Å². The maximum Gasteiger partial charge on any atom is 0.254 e. The van der Waals surface area contributed by atoms with Crippen molar-refractivity contribution >= 4 is 22.9 Å². The molecule has 4 aromatic rings. The highest BCUT2D eigenvalue weighted by molar-refractivity contribution is 6.01. The summed E-state index contributed by atoms with van der Waals surface area (Å²) in [5.74, 6) is 0.556. The van der Waals surface area contributed by atoms with Gasteiger partial charge in [0, 0.05) is 31.5 Å². The van der Waals surface area contributed by atoms with E-state index >= 15 is 0 Å². The van der Waals surface area contributed by atoms with Crippen LogP contribution < -0.4 is 15.4 Å². The molecule has 0 aromatic carbocycles. The molecule has 0 aliphatic carbocycles. The van der Waals surface area contributed by atoms with E-state index in [4.69, 9.17) is 4.74 Å². The largest absolute Gasteiger partial charge is 0.479 e. The zero-order valence-corrected chi connectivity index (χ0v) is 17.7. The van der Waals surface area contributed by atoms with Gasteiger partial charge in [-0.25, -0.2) is 9.03 Å². The number of nitrogens with one attached hydrogen (secondary N) is 2. The third-order valence-electron chi connectivity index (χ3n) is 4.97. The van der Waals surface area contributed by atoms with Crippen LogP contribution in [0.1, 0.15) is 24.2 Å². The van der Waals surface area contributed by atoms with Crippen LogP contribution in [-0.4, -0.2) is 50.8 Å². The topological polar surface area (TPSA) is 122 Å². The summed E-state index contributed by atoms with van der Waals surface area (Å²) in [5, 5.41) is 23.7. The van der Waals surface area contributed by atoms with E-state index < -0.39 is 5.41 Å². The molecule has 0 atom stereocenters. The van der Waals surface area contributed by atoms with E-state index in [0.29, 0.717) is 35.0 Å². The fraction of sp³-hybridized carbons (Fsp3) is 0.286. The van der Waals surface area contributed by atoms with Crippen LogP contribution in [0.5, 0.6) is 5.88 Å². The smallest absolute Gasteiger partial charge is 0.254 e. The van der Waals surface area contributed by atoms with Crippen LogP contribution in [0.4, 0.5) is 5.95 Å². The second-order valence-electron chi connectivity index (χ2n) is 7.70. The number of nitriles is 1. The Balaban J connectivity index is 1.78. The summed E-state index contributed by atoms with van der Waals surface area (Å²) < 4.78 is 8.88. The molecule has 2 N–H and O–H groups in total. The van der Waals surface area contributed by atoms with Crippen LogP contribution in [0.15, 0.2) is 36.8 Å². The normalized spacial score (nSPS) is 11.5. The van der Waals surface area contributed by atoms with Crippen molar-refractivity contribution in [1.29, 1.82) is 5.26 Å². The highest BCUT2D eigenvalue weighted by atomic mass is 16.5. The number of hydrogen-bond acceptors (Lipinski definition) is 7. The fourth-order valence-electron chi connectivity index (χ4n) is 3.24. The molecule has 0 spiro atoms. The van der Waals surface area contributed by atoms with E-state index in [-0.39, 0.29) is 5.91 Å². The Morgan fingerprint density at radius 3 is 2.77 bits per heavy atom. The zero-order chi connectivity index (χ0) is 22.2. The second kappa shape index (κ2) is 7.60. The lowest BCUT2D eigenvalue weighted by atomic mass is 9.96. The first kappa shape index (κ1) is 20.2. The van der Waals surface area contributed by atoms with Crippen molar-refractivity contribution in [3.8, 4) is 23.1 Å². The predicted octanol–water partition coefficient (Wildman–Crippen LogP) is 2.37. The molecule has 0 fully saturated rings. The molecule has 0 bridgehead atoms. The van der Waals surface area contributed by atoms with E-state index in [1.54, 1.807) is 35.6 Å². The molecule has 31 heavy (non-hydrogen) atoms. The van der Waals surface area contributed by atoms with Crippen molar-refractivity contribution in [1.82, 2.24) is 29.5 Å². The summed E-state index contributed by atoms with van der Waals surface area (Å²) in [5.41, 5.74) is 3.03. The Bertz CT molecular complexity index is 1330. The predicted molar refractivity (Wildman–Crippen MR) is 115 cm³/mol. The van der Waals surface area contributed by atoms with Gasteiger partial charge in [0.2, 0.25) is 11.8 Å². The lowest BCUT2D eigenvalue weighted by molar-refractivity contribution is 0.0964. The average Bonchev–Trinajstić information content (AvgIpc) is 3.40. The molecule has 158 valence electrons. The van der Waals surface area contributed by atoms with Crippen LogP contribution in [0.3, 0.4) is 0 Å². The van der Waals surface area contributed by atoms with E-state index in [1.165, 1.54) is 0 Å². The molecule has 0 saturated heterocycles. The molecule has 4 heterocycles. The Morgan fingerprint density at radius 2 is 2.06 bits per heavy atom. The number of nitrogens with zero attached hydrogens (tertiary/aromatic N) is 6. The maximum atomic E-state index is 12.2. The second-order valence-corrected chi connectivity index (χ2v) is 7.70. The standard InChI is InChI=1S/C21H22N8O2/c1-21(2,11-22)12-24-20-26-19(31-4)17-14(6-8-29(17)27-20)13-5-7-28-16(9-13)15(10-25-28)18(30)23-3/h5-10H,12H2,1-4H3,(H,23,30)(H,24,27). The molecular formula is C21H22N8O2. The SMILES string of the molecule is CNC(=O)c1cnn2ccc(-c3ccn4nc(NCC(C)(C)C#N)nc(OC)c34)cc12. The average molecular weight is 418 g/mol. The first-order valence-corrected chi connectivity index (χ1v) is 9.65. The minimum atomic E-state index is -0.559. The quantitative estimate of drug-likeness (QED) is 0.493. The number of rotatable bonds is 6. The third kappa shape index (κ3) is 3.61. The van der Waals surface area contributed by atoms with Crippen LogP contribution in [0, 0.1) is 16.7 Å². The van der Waals surface area contributed by atoms with E-state index in [1.807, 2.05) is 38.2 Å². The lowest BCUT2D eigenvalue weighted by Crippen LogP contribution is -2.22. The van der Waals surface area contributed by atoms with Gasteiger partial charge in [-0.2, -0.15) is 15.3 Å². The lowest BCUT2D eigenvalue weighted by Gasteiger charge is -2.16. The van der Waals surface area contributed by atoms with Gasteiger partial charge in [0.1, 0.15) is 5.52 Å². The number of aromatic nitrogens is 5. The minimum Gasteiger partial charge on any atom is -0.479 e.